The molecule has 2 aromatic rings. The van der Waals surface area contributed by atoms with E-state index >= 15 is 0 Å². The van der Waals surface area contributed by atoms with Crippen molar-refractivity contribution < 1.29 is 0 Å². The summed E-state index contributed by atoms with van der Waals surface area (Å²) in [4.78, 5) is 3.51. The van der Waals surface area contributed by atoms with Crippen molar-refractivity contribution in [2.75, 3.05) is 0 Å². The molecule has 0 saturated heterocycles. The number of rotatable bonds is 0. The van der Waals surface area contributed by atoms with Gasteiger partial charge in [-0.3, -0.25) is 0 Å². The summed E-state index contributed by atoms with van der Waals surface area (Å²) in [7, 11) is 0. The highest BCUT2D eigenvalue weighted by atomic mass is 14.7. The number of benzene rings is 1. The molecule has 1 nitrogen and oxygen atoms in total. The quantitative estimate of drug-likeness (QED) is 0.644. The van der Waals surface area contributed by atoms with Gasteiger partial charge in [0.1, 0.15) is 0 Å². The number of aromatic nitrogens is 1. The molecule has 0 unspecified atom stereocenters. The Morgan fingerprint density at radius 1 is 1.29 bits per heavy atom. The van der Waals surface area contributed by atoms with Gasteiger partial charge >= 0.3 is 0 Å². The second-order valence-electron chi connectivity index (χ2n) is 4.01. The molecule has 14 heavy (non-hydrogen) atoms. The maximum absolute atomic E-state index is 3.51. The van der Waals surface area contributed by atoms with Gasteiger partial charge in [-0.15, -0.1) is 0 Å². The lowest BCUT2D eigenvalue weighted by Gasteiger charge is -2.03. The lowest BCUT2D eigenvalue weighted by Crippen LogP contribution is -1.90. The monoisotopic (exact) mass is 183 g/mol. The van der Waals surface area contributed by atoms with Crippen molar-refractivity contribution >= 4 is 17.0 Å². The summed E-state index contributed by atoms with van der Waals surface area (Å²) in [6, 6.07) is 6.62. The van der Waals surface area contributed by atoms with Gasteiger partial charge in [0.15, 0.2) is 0 Å². The van der Waals surface area contributed by atoms with Gasteiger partial charge in [-0.2, -0.15) is 0 Å². The number of H-pyrrole nitrogens is 1. The zero-order valence-corrected chi connectivity index (χ0v) is 8.30. The van der Waals surface area contributed by atoms with Crippen molar-refractivity contribution in [3.8, 4) is 0 Å². The Hall–Kier alpha value is -1.50. The Morgan fingerprint density at radius 2 is 2.21 bits per heavy atom. The van der Waals surface area contributed by atoms with Crippen molar-refractivity contribution in [1.29, 1.82) is 0 Å². The van der Waals surface area contributed by atoms with Crippen LogP contribution < -0.4 is 0 Å². The van der Waals surface area contributed by atoms with Gasteiger partial charge in [0.25, 0.3) is 0 Å². The number of aryl methyl sites for hydroxylation is 2. The van der Waals surface area contributed by atoms with E-state index in [1.54, 1.807) is 0 Å². The zero-order valence-electron chi connectivity index (χ0n) is 8.30. The predicted octanol–water partition coefficient (Wildman–Crippen LogP) is 3.44. The van der Waals surface area contributed by atoms with Crippen LogP contribution in [-0.4, -0.2) is 4.98 Å². The van der Waals surface area contributed by atoms with E-state index in [0.717, 1.165) is 6.42 Å². The van der Waals surface area contributed by atoms with E-state index in [-0.39, 0.29) is 0 Å². The van der Waals surface area contributed by atoms with E-state index in [1.165, 1.54) is 34.1 Å². The third kappa shape index (κ3) is 1.02. The molecule has 3 rings (SSSR count). The lowest BCUT2D eigenvalue weighted by atomic mass is 10.0. The van der Waals surface area contributed by atoms with E-state index in [2.05, 4.69) is 42.3 Å². The number of hydrogen-bond donors (Lipinski definition) is 1. The fraction of sp³-hybridized carbons (Fsp3) is 0.231. The van der Waals surface area contributed by atoms with Crippen LogP contribution in [0.25, 0.3) is 17.0 Å². The molecule has 0 atom stereocenters. The van der Waals surface area contributed by atoms with Crippen LogP contribution >= 0.6 is 0 Å². The second-order valence-corrected chi connectivity index (χ2v) is 4.01. The molecule has 0 radical (unpaired) electrons. The molecular formula is C13H13N. The summed E-state index contributed by atoms with van der Waals surface area (Å²) < 4.78 is 0. The first kappa shape index (κ1) is 7.86. The third-order valence-corrected chi connectivity index (χ3v) is 2.92. The minimum atomic E-state index is 1.15. The molecule has 1 aromatic carbocycles. The first-order valence-electron chi connectivity index (χ1n) is 5.12. The Morgan fingerprint density at radius 3 is 3.14 bits per heavy atom. The normalized spacial score (nSPS) is 14.6. The zero-order chi connectivity index (χ0) is 9.54. The van der Waals surface area contributed by atoms with Crippen LogP contribution in [0.5, 0.6) is 0 Å². The largest absolute Gasteiger partial charge is 0.358 e. The smallest absolute Gasteiger partial charge is 0.0464 e. The molecule has 0 saturated carbocycles. The highest BCUT2D eigenvalue weighted by Gasteiger charge is 2.10. The summed E-state index contributed by atoms with van der Waals surface area (Å²) in [5, 5.41) is 1.36. The molecule has 0 amide bonds. The molecule has 1 heterocycles. The molecule has 1 aliphatic carbocycles. The van der Waals surface area contributed by atoms with Gasteiger partial charge in [0.2, 0.25) is 0 Å². The van der Waals surface area contributed by atoms with E-state index in [4.69, 9.17) is 0 Å². The van der Waals surface area contributed by atoms with Gasteiger partial charge in [-0.05, 0) is 31.4 Å². The van der Waals surface area contributed by atoms with E-state index in [9.17, 15) is 0 Å². The fourth-order valence-electron chi connectivity index (χ4n) is 2.21. The summed E-state index contributed by atoms with van der Waals surface area (Å²) in [6.07, 6.45) is 6.82. The number of nitrogens with one attached hydrogen (secondary N) is 1. The molecule has 0 spiro atoms. The molecule has 70 valence electrons. The summed E-state index contributed by atoms with van der Waals surface area (Å²) in [6.45, 7) is 2.13. The Bertz CT molecular complexity index is 517. The minimum Gasteiger partial charge on any atom is -0.358 e. The third-order valence-electron chi connectivity index (χ3n) is 2.92. The fourth-order valence-corrected chi connectivity index (χ4v) is 2.21. The number of hydrogen-bond acceptors (Lipinski definition) is 0. The molecule has 1 aliphatic rings. The standard InChI is InChI=1S/C13H13N/c1-9-6-7-11-10-4-2-3-5-12(10)14-13(11)8-9/h2,4,6-8,14H,3,5H2,1H3. The average molecular weight is 183 g/mol. The number of fused-ring (bicyclic) bond motifs is 3. The molecule has 1 N–H and O–H groups in total. The van der Waals surface area contributed by atoms with E-state index in [0.29, 0.717) is 0 Å². The van der Waals surface area contributed by atoms with Crippen molar-refractivity contribution in [2.45, 2.75) is 19.8 Å². The Balaban J connectivity index is 2.38. The van der Waals surface area contributed by atoms with E-state index < -0.39 is 0 Å². The first-order chi connectivity index (χ1) is 6.84. The van der Waals surface area contributed by atoms with Gasteiger partial charge in [-0.25, -0.2) is 0 Å². The van der Waals surface area contributed by atoms with Gasteiger partial charge in [0, 0.05) is 22.2 Å². The lowest BCUT2D eigenvalue weighted by molar-refractivity contribution is 0.951. The average Bonchev–Trinajstić information content (AvgIpc) is 2.54. The SMILES string of the molecule is Cc1ccc2c3c([nH]c2c1)CCC=C3. The van der Waals surface area contributed by atoms with Crippen molar-refractivity contribution in [3.05, 3.63) is 41.1 Å². The van der Waals surface area contributed by atoms with Crippen LogP contribution in [0.15, 0.2) is 24.3 Å². The highest BCUT2D eigenvalue weighted by Crippen LogP contribution is 2.28. The summed E-state index contributed by atoms with van der Waals surface area (Å²) >= 11 is 0. The van der Waals surface area contributed by atoms with Crippen LogP contribution in [0.4, 0.5) is 0 Å². The van der Waals surface area contributed by atoms with Crippen LogP contribution in [0.2, 0.25) is 0 Å². The van der Waals surface area contributed by atoms with Gasteiger partial charge in [-0.1, -0.05) is 24.3 Å². The van der Waals surface area contributed by atoms with Crippen molar-refractivity contribution in [3.63, 3.8) is 0 Å². The van der Waals surface area contributed by atoms with Crippen LogP contribution in [0.1, 0.15) is 23.2 Å². The van der Waals surface area contributed by atoms with Crippen molar-refractivity contribution in [2.24, 2.45) is 0 Å². The first-order valence-corrected chi connectivity index (χ1v) is 5.12. The molecule has 1 heteroatoms. The number of aromatic amines is 1. The van der Waals surface area contributed by atoms with Crippen molar-refractivity contribution in [1.82, 2.24) is 4.98 Å². The van der Waals surface area contributed by atoms with E-state index in [1.807, 2.05) is 0 Å². The maximum Gasteiger partial charge on any atom is 0.0464 e. The highest BCUT2D eigenvalue weighted by molar-refractivity contribution is 5.91. The van der Waals surface area contributed by atoms with Gasteiger partial charge in [0.05, 0.1) is 0 Å². The Kier molecular flexibility index (Phi) is 1.54. The maximum atomic E-state index is 3.51. The molecule has 0 bridgehead atoms. The summed E-state index contributed by atoms with van der Waals surface area (Å²) in [5.74, 6) is 0. The van der Waals surface area contributed by atoms with Crippen LogP contribution in [-0.2, 0) is 6.42 Å². The Labute approximate surface area is 83.5 Å². The minimum absolute atomic E-state index is 1.15. The summed E-state index contributed by atoms with van der Waals surface area (Å²) in [5.41, 5.74) is 5.39. The van der Waals surface area contributed by atoms with Crippen LogP contribution in [0.3, 0.4) is 0 Å². The van der Waals surface area contributed by atoms with Gasteiger partial charge < -0.3 is 4.98 Å². The predicted molar refractivity (Wildman–Crippen MR) is 60.4 cm³/mol. The number of allylic oxidation sites excluding steroid dienone is 1. The molecule has 0 fully saturated rings. The molecular weight excluding hydrogens is 170 g/mol. The van der Waals surface area contributed by atoms with Crippen LogP contribution in [0, 0.1) is 6.92 Å². The molecule has 0 aliphatic heterocycles. The second kappa shape index (κ2) is 2.74. The molecule has 1 aromatic heterocycles. The topological polar surface area (TPSA) is 15.8 Å².